The molecular formula is C17H27FIN3O. The van der Waals surface area contributed by atoms with E-state index in [0.29, 0.717) is 6.54 Å². The van der Waals surface area contributed by atoms with E-state index in [1.165, 1.54) is 25.0 Å². The molecule has 0 atom stereocenters. The predicted octanol–water partition coefficient (Wildman–Crippen LogP) is 3.32. The number of rotatable bonds is 9. The normalized spacial score (nSPS) is 14.3. The summed E-state index contributed by atoms with van der Waals surface area (Å²) in [7, 11) is 0. The maximum Gasteiger partial charge on any atom is 0.191 e. The summed E-state index contributed by atoms with van der Waals surface area (Å²) in [5.41, 5.74) is 0.992. The van der Waals surface area contributed by atoms with Gasteiger partial charge in [-0.3, -0.25) is 0 Å². The van der Waals surface area contributed by atoms with Crippen LogP contribution < -0.4 is 10.6 Å². The fourth-order valence-electron chi connectivity index (χ4n) is 2.02. The Bertz CT molecular complexity index is 463. The second-order valence-corrected chi connectivity index (χ2v) is 5.62. The highest BCUT2D eigenvalue weighted by Gasteiger charge is 2.20. The number of guanidine groups is 1. The van der Waals surface area contributed by atoms with Crippen molar-refractivity contribution < 1.29 is 9.13 Å². The number of ether oxygens (including phenoxy) is 1. The molecule has 1 aromatic carbocycles. The van der Waals surface area contributed by atoms with Gasteiger partial charge in [0.25, 0.3) is 0 Å². The van der Waals surface area contributed by atoms with Crippen molar-refractivity contribution in [1.82, 2.24) is 10.6 Å². The van der Waals surface area contributed by atoms with Gasteiger partial charge in [0.05, 0.1) is 6.54 Å². The molecule has 1 saturated carbocycles. The molecule has 0 bridgehead atoms. The Labute approximate surface area is 155 Å². The number of hydrogen-bond donors (Lipinski definition) is 2. The van der Waals surface area contributed by atoms with Crippen molar-refractivity contribution in [3.63, 3.8) is 0 Å². The van der Waals surface area contributed by atoms with E-state index in [0.717, 1.165) is 50.2 Å². The minimum absolute atomic E-state index is 0. The largest absolute Gasteiger partial charge is 0.381 e. The van der Waals surface area contributed by atoms with Crippen molar-refractivity contribution in [1.29, 1.82) is 0 Å². The van der Waals surface area contributed by atoms with Crippen LogP contribution in [0.2, 0.25) is 0 Å². The van der Waals surface area contributed by atoms with E-state index in [-0.39, 0.29) is 29.8 Å². The van der Waals surface area contributed by atoms with E-state index in [4.69, 9.17) is 4.74 Å². The number of hydrogen-bond acceptors (Lipinski definition) is 2. The number of nitrogens with one attached hydrogen (secondary N) is 2. The quantitative estimate of drug-likeness (QED) is 0.271. The lowest BCUT2D eigenvalue weighted by Gasteiger charge is -2.11. The van der Waals surface area contributed by atoms with Crippen LogP contribution in [0.15, 0.2) is 29.3 Å². The van der Waals surface area contributed by atoms with Gasteiger partial charge in [-0.2, -0.15) is 0 Å². The molecule has 1 aliphatic carbocycles. The molecular weight excluding hydrogens is 408 g/mol. The SMILES string of the molecule is CCNC(=NCc1ccc(F)cc1)NCCCOCC1CC1.I. The fraction of sp³-hybridized carbons (Fsp3) is 0.588. The van der Waals surface area contributed by atoms with Crippen LogP contribution in [0.25, 0.3) is 0 Å². The van der Waals surface area contributed by atoms with Gasteiger partial charge in [0.1, 0.15) is 5.82 Å². The van der Waals surface area contributed by atoms with E-state index < -0.39 is 0 Å². The standard InChI is InChI=1S/C17H26FN3O.HI/c1-2-19-17(20-10-3-11-22-13-15-4-5-15)21-12-14-6-8-16(18)9-7-14;/h6-9,15H,2-5,10-13H2,1H3,(H2,19,20,21);1H. The minimum atomic E-state index is -0.219. The molecule has 6 heteroatoms. The smallest absolute Gasteiger partial charge is 0.191 e. The van der Waals surface area contributed by atoms with Gasteiger partial charge in [0, 0.05) is 26.3 Å². The molecule has 0 radical (unpaired) electrons. The molecule has 0 heterocycles. The van der Waals surface area contributed by atoms with Crippen LogP contribution in [0, 0.1) is 11.7 Å². The first-order valence-corrected chi connectivity index (χ1v) is 8.12. The summed E-state index contributed by atoms with van der Waals surface area (Å²) in [4.78, 5) is 4.50. The second kappa shape index (κ2) is 11.6. The Balaban J connectivity index is 0.00000264. The molecule has 0 unspecified atom stereocenters. The third-order valence-electron chi connectivity index (χ3n) is 3.49. The highest BCUT2D eigenvalue weighted by molar-refractivity contribution is 14.0. The molecule has 2 N–H and O–H groups in total. The Morgan fingerprint density at radius 1 is 1.26 bits per heavy atom. The molecule has 2 rings (SSSR count). The Morgan fingerprint density at radius 3 is 2.65 bits per heavy atom. The molecule has 1 aromatic rings. The summed E-state index contributed by atoms with van der Waals surface area (Å²) in [6.07, 6.45) is 3.63. The Kier molecular flexibility index (Phi) is 10.2. The lowest BCUT2D eigenvalue weighted by atomic mass is 10.2. The van der Waals surface area contributed by atoms with Gasteiger partial charge < -0.3 is 15.4 Å². The zero-order valence-corrected chi connectivity index (χ0v) is 16.0. The van der Waals surface area contributed by atoms with Crippen LogP contribution in [0.3, 0.4) is 0 Å². The molecule has 0 aliphatic heterocycles. The monoisotopic (exact) mass is 435 g/mol. The average Bonchev–Trinajstić information content (AvgIpc) is 3.34. The van der Waals surface area contributed by atoms with Crippen LogP contribution in [0.4, 0.5) is 4.39 Å². The number of benzene rings is 1. The van der Waals surface area contributed by atoms with Gasteiger partial charge in [-0.05, 0) is 49.8 Å². The van der Waals surface area contributed by atoms with E-state index in [1.54, 1.807) is 12.1 Å². The second-order valence-electron chi connectivity index (χ2n) is 5.62. The predicted molar refractivity (Wildman–Crippen MR) is 103 cm³/mol. The van der Waals surface area contributed by atoms with Crippen LogP contribution in [0.5, 0.6) is 0 Å². The van der Waals surface area contributed by atoms with Crippen LogP contribution in [-0.4, -0.2) is 32.3 Å². The molecule has 1 aliphatic rings. The Hall–Kier alpha value is -0.890. The van der Waals surface area contributed by atoms with Crippen molar-refractivity contribution in [3.8, 4) is 0 Å². The van der Waals surface area contributed by atoms with Gasteiger partial charge in [-0.25, -0.2) is 9.38 Å². The molecule has 23 heavy (non-hydrogen) atoms. The van der Waals surface area contributed by atoms with Gasteiger partial charge >= 0.3 is 0 Å². The summed E-state index contributed by atoms with van der Waals surface area (Å²) >= 11 is 0. The number of halogens is 2. The molecule has 0 spiro atoms. The van der Waals surface area contributed by atoms with Crippen LogP contribution in [0.1, 0.15) is 31.7 Å². The molecule has 0 amide bonds. The van der Waals surface area contributed by atoms with Crippen LogP contribution >= 0.6 is 24.0 Å². The summed E-state index contributed by atoms with van der Waals surface area (Å²) in [5.74, 6) is 1.39. The van der Waals surface area contributed by atoms with Gasteiger partial charge in [-0.1, -0.05) is 12.1 Å². The molecule has 130 valence electrons. The molecule has 0 aromatic heterocycles. The summed E-state index contributed by atoms with van der Waals surface area (Å²) < 4.78 is 18.5. The zero-order valence-electron chi connectivity index (χ0n) is 13.7. The summed E-state index contributed by atoms with van der Waals surface area (Å²) in [5, 5.41) is 6.50. The maximum absolute atomic E-state index is 12.9. The third-order valence-corrected chi connectivity index (χ3v) is 3.49. The first-order valence-electron chi connectivity index (χ1n) is 8.12. The summed E-state index contributed by atoms with van der Waals surface area (Å²) in [6, 6.07) is 6.44. The van der Waals surface area contributed by atoms with Crippen molar-refractivity contribution in [2.24, 2.45) is 10.9 Å². The van der Waals surface area contributed by atoms with E-state index in [1.807, 2.05) is 6.92 Å². The van der Waals surface area contributed by atoms with Crippen molar-refractivity contribution in [2.75, 3.05) is 26.3 Å². The third kappa shape index (κ3) is 9.10. The van der Waals surface area contributed by atoms with Crippen molar-refractivity contribution >= 4 is 29.9 Å². The Morgan fingerprint density at radius 2 is 2.00 bits per heavy atom. The van der Waals surface area contributed by atoms with Gasteiger partial charge in [0.2, 0.25) is 0 Å². The first-order chi connectivity index (χ1) is 10.8. The molecule has 4 nitrogen and oxygen atoms in total. The van der Waals surface area contributed by atoms with E-state index in [2.05, 4.69) is 15.6 Å². The van der Waals surface area contributed by atoms with Gasteiger partial charge in [-0.15, -0.1) is 24.0 Å². The summed E-state index contributed by atoms with van der Waals surface area (Å²) in [6.45, 7) is 5.93. The number of aliphatic imine (C=N–C) groups is 1. The molecule has 0 saturated heterocycles. The fourth-order valence-corrected chi connectivity index (χ4v) is 2.02. The van der Waals surface area contributed by atoms with Gasteiger partial charge in [0.15, 0.2) is 5.96 Å². The highest BCUT2D eigenvalue weighted by Crippen LogP contribution is 2.28. The topological polar surface area (TPSA) is 45.7 Å². The number of nitrogens with zero attached hydrogens (tertiary/aromatic N) is 1. The zero-order chi connectivity index (χ0) is 15.6. The minimum Gasteiger partial charge on any atom is -0.381 e. The lowest BCUT2D eigenvalue weighted by molar-refractivity contribution is 0.123. The van der Waals surface area contributed by atoms with Crippen molar-refractivity contribution in [2.45, 2.75) is 32.7 Å². The lowest BCUT2D eigenvalue weighted by Crippen LogP contribution is -2.38. The average molecular weight is 435 g/mol. The first kappa shape index (κ1) is 20.2. The molecule has 1 fully saturated rings. The van der Waals surface area contributed by atoms with Crippen molar-refractivity contribution in [3.05, 3.63) is 35.6 Å². The maximum atomic E-state index is 12.9. The highest BCUT2D eigenvalue weighted by atomic mass is 127. The van der Waals surface area contributed by atoms with E-state index in [9.17, 15) is 4.39 Å². The van der Waals surface area contributed by atoms with Crippen LogP contribution in [-0.2, 0) is 11.3 Å². The van der Waals surface area contributed by atoms with E-state index >= 15 is 0 Å².